The molecule has 0 unspecified atom stereocenters. The molecule has 0 radical (unpaired) electrons. The Labute approximate surface area is 113 Å². The van der Waals surface area contributed by atoms with Gasteiger partial charge in [0.2, 0.25) is 0 Å². The average molecular weight is 260 g/mol. The Kier molecular flexibility index (Phi) is 2.86. The molecule has 4 heteroatoms. The van der Waals surface area contributed by atoms with Crippen LogP contribution in [0.1, 0.15) is 50.5 Å². The highest BCUT2D eigenvalue weighted by Crippen LogP contribution is 2.59. The number of benzene rings is 1. The maximum Gasteiger partial charge on any atom is 0.269 e. The van der Waals surface area contributed by atoms with Crippen LogP contribution in [0.25, 0.3) is 0 Å². The van der Waals surface area contributed by atoms with E-state index >= 15 is 0 Å². The standard InChI is InChI=1S/C15H20N2O2/c16-15(10-14(11-15)7-2-1-3-8-14)12-5-4-6-13(9-12)17(18)19/h4-6,9H,1-3,7-8,10-11,16H2. The first kappa shape index (κ1) is 12.6. The Bertz CT molecular complexity index is 499. The minimum absolute atomic E-state index is 0.145. The lowest BCUT2D eigenvalue weighted by molar-refractivity contribution is -0.385. The van der Waals surface area contributed by atoms with E-state index in [0.717, 1.165) is 18.4 Å². The first-order valence-electron chi connectivity index (χ1n) is 7.07. The van der Waals surface area contributed by atoms with Gasteiger partial charge in [0.25, 0.3) is 5.69 Å². The zero-order valence-corrected chi connectivity index (χ0v) is 11.1. The van der Waals surface area contributed by atoms with Gasteiger partial charge in [0.1, 0.15) is 0 Å². The van der Waals surface area contributed by atoms with Crippen LogP contribution in [0.2, 0.25) is 0 Å². The van der Waals surface area contributed by atoms with E-state index < -0.39 is 0 Å². The maximum atomic E-state index is 10.8. The molecule has 0 aromatic heterocycles. The van der Waals surface area contributed by atoms with Crippen molar-refractivity contribution >= 4 is 5.69 Å². The van der Waals surface area contributed by atoms with E-state index in [9.17, 15) is 10.1 Å². The zero-order chi connectivity index (χ0) is 13.5. The Morgan fingerprint density at radius 2 is 1.84 bits per heavy atom. The Morgan fingerprint density at radius 1 is 1.16 bits per heavy atom. The van der Waals surface area contributed by atoms with Gasteiger partial charge < -0.3 is 5.73 Å². The minimum Gasteiger partial charge on any atom is -0.321 e. The Morgan fingerprint density at radius 3 is 2.47 bits per heavy atom. The molecule has 1 aromatic rings. The van der Waals surface area contributed by atoms with Gasteiger partial charge in [0, 0.05) is 17.7 Å². The third kappa shape index (κ3) is 2.14. The van der Waals surface area contributed by atoms with E-state index in [-0.39, 0.29) is 16.1 Å². The highest BCUT2D eigenvalue weighted by molar-refractivity contribution is 5.39. The van der Waals surface area contributed by atoms with Crippen molar-refractivity contribution in [2.24, 2.45) is 11.1 Å². The van der Waals surface area contributed by atoms with E-state index in [1.54, 1.807) is 12.1 Å². The van der Waals surface area contributed by atoms with Crippen LogP contribution in [0, 0.1) is 15.5 Å². The molecule has 0 atom stereocenters. The molecule has 0 heterocycles. The molecule has 2 aliphatic rings. The number of hydrogen-bond donors (Lipinski definition) is 1. The van der Waals surface area contributed by atoms with E-state index in [0.29, 0.717) is 5.41 Å². The average Bonchev–Trinajstić information content (AvgIpc) is 2.38. The fourth-order valence-electron chi connectivity index (χ4n) is 4.08. The van der Waals surface area contributed by atoms with E-state index in [1.807, 2.05) is 6.07 Å². The van der Waals surface area contributed by atoms with Crippen molar-refractivity contribution in [3.63, 3.8) is 0 Å². The number of nitro benzene ring substituents is 1. The topological polar surface area (TPSA) is 69.2 Å². The van der Waals surface area contributed by atoms with Gasteiger partial charge in [-0.3, -0.25) is 10.1 Å². The van der Waals surface area contributed by atoms with E-state index in [1.165, 1.54) is 38.2 Å². The van der Waals surface area contributed by atoms with Gasteiger partial charge in [-0.05, 0) is 36.7 Å². The fourth-order valence-corrected chi connectivity index (χ4v) is 4.08. The molecule has 0 amide bonds. The second-order valence-electron chi connectivity index (χ2n) is 6.38. The SMILES string of the molecule is NC1(c2cccc([N+](=O)[O-])c2)CC2(CCCCC2)C1. The molecular weight excluding hydrogens is 240 g/mol. The maximum absolute atomic E-state index is 10.8. The Hall–Kier alpha value is -1.42. The van der Waals surface area contributed by atoms with Crippen molar-refractivity contribution < 1.29 is 4.92 Å². The fraction of sp³-hybridized carbons (Fsp3) is 0.600. The summed E-state index contributed by atoms with van der Waals surface area (Å²) < 4.78 is 0. The van der Waals surface area contributed by atoms with Crippen molar-refractivity contribution in [1.29, 1.82) is 0 Å². The molecule has 2 N–H and O–H groups in total. The predicted molar refractivity (Wildman–Crippen MR) is 73.7 cm³/mol. The highest BCUT2D eigenvalue weighted by atomic mass is 16.6. The molecule has 2 fully saturated rings. The van der Waals surface area contributed by atoms with Gasteiger partial charge in [0.05, 0.1) is 4.92 Å². The van der Waals surface area contributed by atoms with Gasteiger partial charge in [0.15, 0.2) is 0 Å². The number of nitrogens with two attached hydrogens (primary N) is 1. The van der Waals surface area contributed by atoms with Crippen LogP contribution in [0.4, 0.5) is 5.69 Å². The van der Waals surface area contributed by atoms with Crippen LogP contribution in [0.3, 0.4) is 0 Å². The van der Waals surface area contributed by atoms with Crippen LogP contribution < -0.4 is 5.73 Å². The van der Waals surface area contributed by atoms with Crippen molar-refractivity contribution in [2.75, 3.05) is 0 Å². The minimum atomic E-state index is -0.345. The summed E-state index contributed by atoms with van der Waals surface area (Å²) in [4.78, 5) is 10.5. The predicted octanol–water partition coefficient (Wildman–Crippen LogP) is 3.49. The summed E-state index contributed by atoms with van der Waals surface area (Å²) in [6, 6.07) is 6.86. The summed E-state index contributed by atoms with van der Waals surface area (Å²) in [7, 11) is 0. The molecule has 0 aliphatic heterocycles. The van der Waals surface area contributed by atoms with Crippen LogP contribution in [0.5, 0.6) is 0 Å². The molecule has 2 aliphatic carbocycles. The number of rotatable bonds is 2. The summed E-state index contributed by atoms with van der Waals surface area (Å²) in [6.45, 7) is 0. The second-order valence-corrected chi connectivity index (χ2v) is 6.38. The molecule has 2 saturated carbocycles. The normalized spacial score (nSPS) is 23.8. The largest absolute Gasteiger partial charge is 0.321 e. The lowest BCUT2D eigenvalue weighted by atomic mass is 9.51. The van der Waals surface area contributed by atoms with E-state index in [2.05, 4.69) is 0 Å². The number of nitro groups is 1. The van der Waals surface area contributed by atoms with Gasteiger partial charge in [-0.15, -0.1) is 0 Å². The van der Waals surface area contributed by atoms with Crippen molar-refractivity contribution in [3.05, 3.63) is 39.9 Å². The summed E-state index contributed by atoms with van der Waals surface area (Å²) in [5, 5.41) is 10.8. The number of nitrogens with zero attached hydrogens (tertiary/aromatic N) is 1. The van der Waals surface area contributed by atoms with Crippen LogP contribution in [0.15, 0.2) is 24.3 Å². The summed E-state index contributed by atoms with van der Waals surface area (Å²) in [5.41, 5.74) is 7.63. The van der Waals surface area contributed by atoms with Gasteiger partial charge in [-0.2, -0.15) is 0 Å². The quantitative estimate of drug-likeness (QED) is 0.653. The third-order valence-corrected chi connectivity index (χ3v) is 4.93. The van der Waals surface area contributed by atoms with Gasteiger partial charge in [-0.1, -0.05) is 31.4 Å². The van der Waals surface area contributed by atoms with Gasteiger partial charge >= 0.3 is 0 Å². The molecule has 4 nitrogen and oxygen atoms in total. The van der Waals surface area contributed by atoms with Crippen molar-refractivity contribution in [3.8, 4) is 0 Å². The molecule has 1 spiro atoms. The molecular formula is C15H20N2O2. The molecule has 0 saturated heterocycles. The highest BCUT2D eigenvalue weighted by Gasteiger charge is 2.53. The molecule has 19 heavy (non-hydrogen) atoms. The first-order valence-corrected chi connectivity index (χ1v) is 7.07. The molecule has 0 bridgehead atoms. The summed E-state index contributed by atoms with van der Waals surface area (Å²) in [6.07, 6.45) is 8.50. The smallest absolute Gasteiger partial charge is 0.269 e. The van der Waals surface area contributed by atoms with Gasteiger partial charge in [-0.25, -0.2) is 0 Å². The lowest BCUT2D eigenvalue weighted by Crippen LogP contribution is -2.56. The lowest BCUT2D eigenvalue weighted by Gasteiger charge is -2.56. The van der Waals surface area contributed by atoms with E-state index in [4.69, 9.17) is 5.73 Å². The second kappa shape index (κ2) is 4.30. The third-order valence-electron chi connectivity index (χ3n) is 4.93. The molecule has 102 valence electrons. The van der Waals surface area contributed by atoms with Crippen molar-refractivity contribution in [1.82, 2.24) is 0 Å². The number of hydrogen-bond acceptors (Lipinski definition) is 3. The van der Waals surface area contributed by atoms with Crippen molar-refractivity contribution in [2.45, 2.75) is 50.5 Å². The zero-order valence-electron chi connectivity index (χ0n) is 11.1. The molecule has 1 aromatic carbocycles. The van der Waals surface area contributed by atoms with Crippen LogP contribution in [-0.4, -0.2) is 4.92 Å². The molecule has 3 rings (SSSR count). The summed E-state index contributed by atoms with van der Waals surface area (Å²) in [5.74, 6) is 0. The first-order chi connectivity index (χ1) is 9.03. The van der Waals surface area contributed by atoms with Crippen LogP contribution >= 0.6 is 0 Å². The summed E-state index contributed by atoms with van der Waals surface area (Å²) >= 11 is 0. The Balaban J connectivity index is 1.80. The monoisotopic (exact) mass is 260 g/mol. The van der Waals surface area contributed by atoms with Crippen LogP contribution in [-0.2, 0) is 5.54 Å². The number of non-ortho nitro benzene ring substituents is 1.